The number of aromatic nitrogens is 4. The highest BCUT2D eigenvalue weighted by atomic mass is 16.7. The van der Waals surface area contributed by atoms with Gasteiger partial charge in [0.2, 0.25) is 5.91 Å². The standard InChI is InChI=1S/C16H26N6O4/c1-15(2)8-21(13(23)7-22-12-17-18-19-22)11-16(26-15)9-20(10-16)4-3-14-24-5-6-25-14/h12,14H,3-11H2,1-2H3. The summed E-state index contributed by atoms with van der Waals surface area (Å²) in [6.07, 6.45) is 2.24. The van der Waals surface area contributed by atoms with E-state index < -0.39 is 0 Å². The van der Waals surface area contributed by atoms with Crippen molar-refractivity contribution in [3.05, 3.63) is 6.33 Å². The summed E-state index contributed by atoms with van der Waals surface area (Å²) in [5.41, 5.74) is -0.673. The van der Waals surface area contributed by atoms with Gasteiger partial charge in [0.25, 0.3) is 0 Å². The number of tetrazole rings is 1. The molecule has 1 spiro atoms. The Balaban J connectivity index is 1.32. The molecule has 4 rings (SSSR count). The number of nitrogens with zero attached hydrogens (tertiary/aromatic N) is 6. The topological polar surface area (TPSA) is 94.8 Å². The SMILES string of the molecule is CC1(C)CN(C(=O)Cn2cnnn2)CC2(CN(CCC3OCCO3)C2)O1. The smallest absolute Gasteiger partial charge is 0.244 e. The summed E-state index contributed by atoms with van der Waals surface area (Å²) >= 11 is 0. The van der Waals surface area contributed by atoms with Crippen LogP contribution in [0.4, 0.5) is 0 Å². The highest BCUT2D eigenvalue weighted by molar-refractivity contribution is 5.76. The van der Waals surface area contributed by atoms with E-state index in [0.717, 1.165) is 26.1 Å². The first kappa shape index (κ1) is 17.8. The molecule has 26 heavy (non-hydrogen) atoms. The van der Waals surface area contributed by atoms with Gasteiger partial charge in [-0.1, -0.05) is 0 Å². The Labute approximate surface area is 152 Å². The second-order valence-electron chi connectivity index (χ2n) is 7.97. The summed E-state index contributed by atoms with van der Waals surface area (Å²) in [5, 5.41) is 10.9. The third-order valence-corrected chi connectivity index (χ3v) is 4.98. The third-order valence-electron chi connectivity index (χ3n) is 4.98. The molecule has 0 N–H and O–H groups in total. The van der Waals surface area contributed by atoms with Gasteiger partial charge in [-0.05, 0) is 24.3 Å². The average molecular weight is 366 g/mol. The molecule has 4 heterocycles. The molecule has 3 saturated heterocycles. The number of hydrogen-bond donors (Lipinski definition) is 0. The zero-order valence-electron chi connectivity index (χ0n) is 15.3. The summed E-state index contributed by atoms with van der Waals surface area (Å²) in [7, 11) is 0. The first-order valence-electron chi connectivity index (χ1n) is 9.07. The molecule has 1 aromatic rings. The van der Waals surface area contributed by atoms with Gasteiger partial charge in [0.1, 0.15) is 18.5 Å². The van der Waals surface area contributed by atoms with Crippen LogP contribution in [0, 0.1) is 0 Å². The van der Waals surface area contributed by atoms with Gasteiger partial charge in [0.15, 0.2) is 6.29 Å². The van der Waals surface area contributed by atoms with Gasteiger partial charge in [-0.2, -0.15) is 0 Å². The molecule has 10 nitrogen and oxygen atoms in total. The van der Waals surface area contributed by atoms with E-state index in [2.05, 4.69) is 20.4 Å². The van der Waals surface area contributed by atoms with Crippen molar-refractivity contribution in [2.45, 2.75) is 44.3 Å². The molecular formula is C16H26N6O4. The number of morpholine rings is 1. The molecular weight excluding hydrogens is 340 g/mol. The number of likely N-dealkylation sites (tertiary alicyclic amines) is 1. The van der Waals surface area contributed by atoms with E-state index in [9.17, 15) is 4.79 Å². The quantitative estimate of drug-likeness (QED) is 0.664. The lowest BCUT2D eigenvalue weighted by Gasteiger charge is -2.58. The van der Waals surface area contributed by atoms with Gasteiger partial charge < -0.3 is 19.1 Å². The summed E-state index contributed by atoms with van der Waals surface area (Å²) in [6, 6.07) is 0. The Morgan fingerprint density at radius 3 is 2.65 bits per heavy atom. The first-order chi connectivity index (χ1) is 12.4. The Kier molecular flexibility index (Phi) is 4.68. The van der Waals surface area contributed by atoms with Crippen LogP contribution in [0.1, 0.15) is 20.3 Å². The van der Waals surface area contributed by atoms with Crippen molar-refractivity contribution in [1.29, 1.82) is 0 Å². The normalized spacial score (nSPS) is 25.5. The van der Waals surface area contributed by atoms with Gasteiger partial charge in [-0.3, -0.25) is 9.69 Å². The second-order valence-corrected chi connectivity index (χ2v) is 7.97. The lowest BCUT2D eigenvalue weighted by Crippen LogP contribution is -2.74. The first-order valence-corrected chi connectivity index (χ1v) is 9.07. The molecule has 144 valence electrons. The fourth-order valence-corrected chi connectivity index (χ4v) is 4.13. The van der Waals surface area contributed by atoms with Crippen LogP contribution in [0.15, 0.2) is 6.33 Å². The summed E-state index contributed by atoms with van der Waals surface area (Å²) < 4.78 is 18.8. The molecule has 0 unspecified atom stereocenters. The van der Waals surface area contributed by atoms with Crippen molar-refractivity contribution >= 4 is 5.91 Å². The van der Waals surface area contributed by atoms with Crippen LogP contribution in [0.25, 0.3) is 0 Å². The van der Waals surface area contributed by atoms with E-state index in [-0.39, 0.29) is 29.9 Å². The number of hydrogen-bond acceptors (Lipinski definition) is 8. The average Bonchev–Trinajstić information content (AvgIpc) is 3.22. The number of carbonyl (C=O) groups is 1. The highest BCUT2D eigenvalue weighted by Crippen LogP contribution is 2.36. The molecule has 3 fully saturated rings. The summed E-state index contributed by atoms with van der Waals surface area (Å²) in [4.78, 5) is 16.9. The monoisotopic (exact) mass is 366 g/mol. The van der Waals surface area contributed by atoms with Crippen LogP contribution in [0.3, 0.4) is 0 Å². The van der Waals surface area contributed by atoms with Crippen molar-refractivity contribution in [3.63, 3.8) is 0 Å². The van der Waals surface area contributed by atoms with E-state index in [4.69, 9.17) is 14.2 Å². The Hall–Kier alpha value is -1.62. The maximum Gasteiger partial charge on any atom is 0.244 e. The predicted octanol–water partition coefficient (Wildman–Crippen LogP) is -0.872. The van der Waals surface area contributed by atoms with Gasteiger partial charge >= 0.3 is 0 Å². The lowest BCUT2D eigenvalue weighted by molar-refractivity contribution is -0.247. The molecule has 3 aliphatic rings. The van der Waals surface area contributed by atoms with Crippen molar-refractivity contribution < 1.29 is 19.0 Å². The number of carbonyl (C=O) groups excluding carboxylic acids is 1. The Morgan fingerprint density at radius 1 is 1.19 bits per heavy atom. The number of amides is 1. The molecule has 0 atom stereocenters. The van der Waals surface area contributed by atoms with E-state index in [0.29, 0.717) is 26.3 Å². The Bertz CT molecular complexity index is 625. The van der Waals surface area contributed by atoms with E-state index in [1.807, 2.05) is 18.7 Å². The van der Waals surface area contributed by atoms with Crippen LogP contribution in [-0.2, 0) is 25.5 Å². The fraction of sp³-hybridized carbons (Fsp3) is 0.875. The van der Waals surface area contributed by atoms with E-state index in [1.54, 1.807) is 0 Å². The Morgan fingerprint density at radius 2 is 1.96 bits per heavy atom. The van der Waals surface area contributed by atoms with Crippen molar-refractivity contribution in [3.8, 4) is 0 Å². The minimum absolute atomic E-state index is 0.0132. The minimum Gasteiger partial charge on any atom is -0.363 e. The van der Waals surface area contributed by atoms with Crippen LogP contribution in [0.2, 0.25) is 0 Å². The molecule has 0 aromatic carbocycles. The van der Waals surface area contributed by atoms with Crippen LogP contribution >= 0.6 is 0 Å². The molecule has 0 radical (unpaired) electrons. The molecule has 1 amide bonds. The zero-order valence-corrected chi connectivity index (χ0v) is 15.3. The van der Waals surface area contributed by atoms with E-state index in [1.165, 1.54) is 11.0 Å². The van der Waals surface area contributed by atoms with Gasteiger partial charge in [-0.15, -0.1) is 5.10 Å². The van der Waals surface area contributed by atoms with Gasteiger partial charge in [0.05, 0.1) is 25.4 Å². The van der Waals surface area contributed by atoms with Crippen molar-refractivity contribution in [2.24, 2.45) is 0 Å². The lowest BCUT2D eigenvalue weighted by atomic mass is 9.88. The molecule has 3 aliphatic heterocycles. The molecule has 0 bridgehead atoms. The minimum atomic E-state index is -0.377. The highest BCUT2D eigenvalue weighted by Gasteiger charge is 2.52. The van der Waals surface area contributed by atoms with Crippen LogP contribution in [-0.4, -0.2) is 99.3 Å². The third kappa shape index (κ3) is 3.88. The van der Waals surface area contributed by atoms with Gasteiger partial charge in [0, 0.05) is 32.6 Å². The zero-order chi connectivity index (χ0) is 18.2. The van der Waals surface area contributed by atoms with Crippen LogP contribution < -0.4 is 0 Å². The summed E-state index contributed by atoms with van der Waals surface area (Å²) in [6.45, 7) is 9.31. The largest absolute Gasteiger partial charge is 0.363 e. The predicted molar refractivity (Wildman–Crippen MR) is 89.0 cm³/mol. The number of ether oxygens (including phenoxy) is 3. The molecule has 0 saturated carbocycles. The molecule has 10 heteroatoms. The fourth-order valence-electron chi connectivity index (χ4n) is 4.13. The van der Waals surface area contributed by atoms with E-state index >= 15 is 0 Å². The van der Waals surface area contributed by atoms with Gasteiger partial charge in [-0.25, -0.2) is 4.68 Å². The second kappa shape index (κ2) is 6.84. The van der Waals surface area contributed by atoms with Crippen LogP contribution in [0.5, 0.6) is 0 Å². The number of rotatable bonds is 5. The molecule has 0 aliphatic carbocycles. The maximum atomic E-state index is 12.7. The maximum absolute atomic E-state index is 12.7. The van der Waals surface area contributed by atoms with Crippen molar-refractivity contribution in [1.82, 2.24) is 30.0 Å². The molecule has 1 aromatic heterocycles. The summed E-state index contributed by atoms with van der Waals surface area (Å²) in [5.74, 6) is 0.0132. The van der Waals surface area contributed by atoms with Crippen molar-refractivity contribution in [2.75, 3.05) is 45.9 Å².